The minimum atomic E-state index is -0.213. The van der Waals surface area contributed by atoms with Gasteiger partial charge in [0.2, 0.25) is 0 Å². The Morgan fingerprint density at radius 3 is 3.00 bits per heavy atom. The Balaban J connectivity index is 2.46. The Hall–Kier alpha value is -0.610. The molecule has 4 heteroatoms. The molecular formula is C10H19NO3. The number of carbonyl (C=O) groups is 1. The van der Waals surface area contributed by atoms with Gasteiger partial charge in [0.25, 0.3) is 0 Å². The highest BCUT2D eigenvalue weighted by Crippen LogP contribution is 2.18. The van der Waals surface area contributed by atoms with Gasteiger partial charge in [0.1, 0.15) is 6.04 Å². The molecule has 1 N–H and O–H groups in total. The van der Waals surface area contributed by atoms with Crippen LogP contribution < -0.4 is 5.32 Å². The summed E-state index contributed by atoms with van der Waals surface area (Å²) in [5.74, 6) is 0.0956. The number of carbonyl (C=O) groups excluding carboxylic acids is 1. The van der Waals surface area contributed by atoms with Crippen molar-refractivity contribution in [1.29, 1.82) is 0 Å². The molecule has 0 aromatic rings. The van der Waals surface area contributed by atoms with Gasteiger partial charge in [-0.2, -0.15) is 0 Å². The van der Waals surface area contributed by atoms with Crippen LogP contribution in [-0.2, 0) is 14.3 Å². The lowest BCUT2D eigenvalue weighted by Gasteiger charge is -2.28. The molecule has 1 heterocycles. The average molecular weight is 201 g/mol. The Labute approximate surface area is 85.0 Å². The van der Waals surface area contributed by atoms with E-state index in [2.05, 4.69) is 5.32 Å². The van der Waals surface area contributed by atoms with Crippen LogP contribution in [0.5, 0.6) is 0 Å². The molecule has 1 fully saturated rings. The van der Waals surface area contributed by atoms with Gasteiger partial charge in [-0.15, -0.1) is 0 Å². The summed E-state index contributed by atoms with van der Waals surface area (Å²) in [5.41, 5.74) is 0. The van der Waals surface area contributed by atoms with E-state index >= 15 is 0 Å². The van der Waals surface area contributed by atoms with Gasteiger partial charge in [-0.3, -0.25) is 4.79 Å². The quantitative estimate of drug-likeness (QED) is 0.675. The molecule has 1 aliphatic heterocycles. The summed E-state index contributed by atoms with van der Waals surface area (Å²) in [6.45, 7) is 3.73. The maximum Gasteiger partial charge on any atom is 0.323 e. The number of hydrogen-bond acceptors (Lipinski definition) is 4. The van der Waals surface area contributed by atoms with Gasteiger partial charge in [0.05, 0.1) is 13.2 Å². The van der Waals surface area contributed by atoms with Crippen LogP contribution in [0, 0.1) is 5.92 Å². The van der Waals surface area contributed by atoms with Crippen molar-refractivity contribution in [3.63, 3.8) is 0 Å². The number of hydrogen-bond donors (Lipinski definition) is 1. The first kappa shape index (κ1) is 11.5. The summed E-state index contributed by atoms with van der Waals surface area (Å²) >= 11 is 0. The Kier molecular flexibility index (Phi) is 4.90. The molecule has 0 aromatic carbocycles. The first-order chi connectivity index (χ1) is 6.79. The second kappa shape index (κ2) is 5.98. The van der Waals surface area contributed by atoms with Gasteiger partial charge in [0.15, 0.2) is 0 Å². The van der Waals surface area contributed by atoms with Gasteiger partial charge in [-0.1, -0.05) is 0 Å². The third-order valence-corrected chi connectivity index (χ3v) is 2.52. The van der Waals surface area contributed by atoms with Crippen molar-refractivity contribution in [3.8, 4) is 0 Å². The lowest BCUT2D eigenvalue weighted by molar-refractivity contribution is -0.148. The second-order valence-electron chi connectivity index (χ2n) is 3.50. The first-order valence-electron chi connectivity index (χ1n) is 5.21. The molecule has 4 nitrogen and oxygen atoms in total. The molecule has 0 spiro atoms. The third kappa shape index (κ3) is 2.96. The van der Waals surface area contributed by atoms with E-state index in [1.165, 1.54) is 0 Å². The van der Waals surface area contributed by atoms with Crippen LogP contribution in [0.2, 0.25) is 0 Å². The molecule has 1 rings (SSSR count). The number of rotatable bonds is 4. The molecule has 1 aliphatic rings. The minimum Gasteiger partial charge on any atom is -0.465 e. The Morgan fingerprint density at radius 2 is 2.50 bits per heavy atom. The van der Waals surface area contributed by atoms with Gasteiger partial charge in [-0.05, 0) is 26.8 Å². The largest absolute Gasteiger partial charge is 0.465 e. The van der Waals surface area contributed by atoms with Crippen LogP contribution in [0.4, 0.5) is 0 Å². The molecule has 0 aromatic heterocycles. The van der Waals surface area contributed by atoms with Crippen molar-refractivity contribution in [1.82, 2.24) is 5.32 Å². The number of likely N-dealkylation sites (N-methyl/N-ethyl adjacent to an activating group) is 1. The van der Waals surface area contributed by atoms with Crippen molar-refractivity contribution in [3.05, 3.63) is 0 Å². The highest BCUT2D eigenvalue weighted by molar-refractivity contribution is 5.76. The summed E-state index contributed by atoms with van der Waals surface area (Å²) in [5, 5.41) is 3.00. The molecule has 2 atom stereocenters. The normalized spacial score (nSPS) is 24.3. The van der Waals surface area contributed by atoms with E-state index < -0.39 is 0 Å². The van der Waals surface area contributed by atoms with E-state index in [9.17, 15) is 4.79 Å². The zero-order valence-corrected chi connectivity index (χ0v) is 8.91. The van der Waals surface area contributed by atoms with Gasteiger partial charge >= 0.3 is 5.97 Å². The summed E-state index contributed by atoms with van der Waals surface area (Å²) < 4.78 is 10.3. The van der Waals surface area contributed by atoms with E-state index in [-0.39, 0.29) is 17.9 Å². The van der Waals surface area contributed by atoms with Crippen molar-refractivity contribution >= 4 is 5.97 Å². The lowest BCUT2D eigenvalue weighted by Crippen LogP contribution is -2.45. The number of nitrogens with one attached hydrogen (secondary N) is 1. The second-order valence-corrected chi connectivity index (χ2v) is 3.50. The average Bonchev–Trinajstić information content (AvgIpc) is 2.21. The predicted molar refractivity (Wildman–Crippen MR) is 53.0 cm³/mol. The van der Waals surface area contributed by atoms with Crippen molar-refractivity contribution in [2.24, 2.45) is 5.92 Å². The maximum absolute atomic E-state index is 11.5. The van der Waals surface area contributed by atoms with Crippen LogP contribution in [0.15, 0.2) is 0 Å². The van der Waals surface area contributed by atoms with Crippen LogP contribution >= 0.6 is 0 Å². The Bertz CT molecular complexity index is 178. The molecule has 0 bridgehead atoms. The SMILES string of the molecule is CCOC(=O)C(NC)C1CCCOC1. The van der Waals surface area contributed by atoms with Crippen LogP contribution in [-0.4, -0.2) is 38.9 Å². The number of ether oxygens (including phenoxy) is 2. The Morgan fingerprint density at radius 1 is 1.71 bits per heavy atom. The zero-order chi connectivity index (χ0) is 10.4. The molecule has 0 radical (unpaired) electrons. The molecule has 82 valence electrons. The van der Waals surface area contributed by atoms with Gasteiger partial charge < -0.3 is 14.8 Å². The topological polar surface area (TPSA) is 47.6 Å². The van der Waals surface area contributed by atoms with E-state index in [1.807, 2.05) is 6.92 Å². The zero-order valence-electron chi connectivity index (χ0n) is 8.91. The van der Waals surface area contributed by atoms with E-state index in [1.54, 1.807) is 7.05 Å². The van der Waals surface area contributed by atoms with Crippen molar-refractivity contribution < 1.29 is 14.3 Å². The fraction of sp³-hybridized carbons (Fsp3) is 0.900. The maximum atomic E-state index is 11.5. The molecule has 14 heavy (non-hydrogen) atoms. The van der Waals surface area contributed by atoms with E-state index in [0.29, 0.717) is 13.2 Å². The molecule has 2 unspecified atom stereocenters. The highest BCUT2D eigenvalue weighted by Gasteiger charge is 2.29. The van der Waals surface area contributed by atoms with Crippen molar-refractivity contribution in [2.75, 3.05) is 26.9 Å². The van der Waals surface area contributed by atoms with Crippen LogP contribution in [0.1, 0.15) is 19.8 Å². The summed E-state index contributed by atoms with van der Waals surface area (Å²) in [4.78, 5) is 11.5. The van der Waals surface area contributed by atoms with Gasteiger partial charge in [0, 0.05) is 12.5 Å². The fourth-order valence-corrected chi connectivity index (χ4v) is 1.81. The highest BCUT2D eigenvalue weighted by atomic mass is 16.5. The molecular weight excluding hydrogens is 182 g/mol. The van der Waals surface area contributed by atoms with E-state index in [4.69, 9.17) is 9.47 Å². The summed E-state index contributed by atoms with van der Waals surface area (Å²) in [6, 6.07) is -0.213. The number of esters is 1. The summed E-state index contributed by atoms with van der Waals surface area (Å²) in [6.07, 6.45) is 2.06. The van der Waals surface area contributed by atoms with Crippen LogP contribution in [0.3, 0.4) is 0 Å². The summed E-state index contributed by atoms with van der Waals surface area (Å²) in [7, 11) is 1.79. The molecule has 1 saturated heterocycles. The van der Waals surface area contributed by atoms with Gasteiger partial charge in [-0.25, -0.2) is 0 Å². The predicted octanol–water partition coefficient (Wildman–Crippen LogP) is 0.564. The third-order valence-electron chi connectivity index (χ3n) is 2.52. The monoisotopic (exact) mass is 201 g/mol. The lowest BCUT2D eigenvalue weighted by atomic mass is 9.94. The van der Waals surface area contributed by atoms with E-state index in [0.717, 1.165) is 19.4 Å². The molecule has 0 aliphatic carbocycles. The smallest absolute Gasteiger partial charge is 0.323 e. The molecule has 0 saturated carbocycles. The fourth-order valence-electron chi connectivity index (χ4n) is 1.81. The van der Waals surface area contributed by atoms with Crippen LogP contribution in [0.25, 0.3) is 0 Å². The molecule has 0 amide bonds. The van der Waals surface area contributed by atoms with Crippen molar-refractivity contribution in [2.45, 2.75) is 25.8 Å². The first-order valence-corrected chi connectivity index (χ1v) is 5.21. The minimum absolute atomic E-state index is 0.162. The standard InChI is InChI=1S/C10H19NO3/c1-3-14-10(12)9(11-2)8-5-4-6-13-7-8/h8-9,11H,3-7H2,1-2H3.